The van der Waals surface area contributed by atoms with Crippen LogP contribution in [0.4, 0.5) is 0 Å². The lowest BCUT2D eigenvalue weighted by molar-refractivity contribution is 0.229. The van der Waals surface area contributed by atoms with E-state index in [1.54, 1.807) is 0 Å². The highest BCUT2D eigenvalue weighted by Gasteiger charge is 2.30. The molecule has 0 saturated heterocycles. The van der Waals surface area contributed by atoms with Crippen molar-refractivity contribution < 1.29 is 0 Å². The van der Waals surface area contributed by atoms with Crippen LogP contribution in [0.1, 0.15) is 31.0 Å². The molecule has 0 aliphatic heterocycles. The Kier molecular flexibility index (Phi) is 2.61. The molecule has 1 aromatic carbocycles. The lowest BCUT2D eigenvalue weighted by atomic mass is 9.78. The largest absolute Gasteiger partial charge is 0.271 e. The van der Waals surface area contributed by atoms with Crippen LogP contribution in [0.5, 0.6) is 0 Å². The summed E-state index contributed by atoms with van der Waals surface area (Å²) in [6, 6.07) is 8.51. The van der Waals surface area contributed by atoms with E-state index in [0.29, 0.717) is 5.92 Å². The fraction of sp³-hybridized carbons (Fsp3) is 0.462. The predicted octanol–water partition coefficient (Wildman–Crippen LogP) is 1.88. The number of nitrogens with one attached hydrogen (secondary N) is 1. The number of aromatic nitrogens is 2. The van der Waals surface area contributed by atoms with Crippen molar-refractivity contribution in [2.45, 2.75) is 25.3 Å². The Balaban J connectivity index is 2.09. The van der Waals surface area contributed by atoms with Crippen LogP contribution in [0.2, 0.25) is 0 Å². The van der Waals surface area contributed by atoms with Gasteiger partial charge in [0.25, 0.3) is 0 Å². The highest BCUT2D eigenvalue weighted by Crippen LogP contribution is 2.38. The number of hydrogen-bond acceptors (Lipinski definition) is 3. The molecule has 2 aromatic rings. The molecule has 1 atom stereocenters. The van der Waals surface area contributed by atoms with Crippen LogP contribution in [-0.4, -0.2) is 9.78 Å². The number of hydrogen-bond donors (Lipinski definition) is 2. The monoisotopic (exact) mass is 230 g/mol. The minimum Gasteiger partial charge on any atom is -0.271 e. The molecule has 1 unspecified atom stereocenters. The molecular formula is C13H18N4. The second kappa shape index (κ2) is 4.13. The molecule has 90 valence electrons. The summed E-state index contributed by atoms with van der Waals surface area (Å²) in [4.78, 5) is 0. The van der Waals surface area contributed by atoms with E-state index in [-0.39, 0.29) is 6.04 Å². The lowest BCUT2D eigenvalue weighted by Crippen LogP contribution is -2.36. The maximum Gasteiger partial charge on any atom is 0.0888 e. The number of rotatable bonds is 3. The van der Waals surface area contributed by atoms with E-state index in [9.17, 15) is 0 Å². The number of nitrogens with zero attached hydrogens (tertiary/aromatic N) is 2. The van der Waals surface area contributed by atoms with Gasteiger partial charge in [0.2, 0.25) is 0 Å². The molecule has 3 N–H and O–H groups in total. The number of benzene rings is 1. The first-order chi connectivity index (χ1) is 8.31. The van der Waals surface area contributed by atoms with E-state index in [0.717, 1.165) is 5.69 Å². The molecule has 1 aliphatic rings. The van der Waals surface area contributed by atoms with Crippen LogP contribution in [0, 0.1) is 5.92 Å². The van der Waals surface area contributed by atoms with Gasteiger partial charge >= 0.3 is 0 Å². The van der Waals surface area contributed by atoms with Crippen molar-refractivity contribution in [1.29, 1.82) is 0 Å². The maximum absolute atomic E-state index is 5.72. The molecule has 0 radical (unpaired) electrons. The third-order valence-electron chi connectivity index (χ3n) is 3.88. The van der Waals surface area contributed by atoms with Crippen molar-refractivity contribution in [3.05, 3.63) is 30.0 Å². The van der Waals surface area contributed by atoms with Crippen LogP contribution >= 0.6 is 0 Å². The molecular weight excluding hydrogens is 212 g/mol. The van der Waals surface area contributed by atoms with E-state index >= 15 is 0 Å². The van der Waals surface area contributed by atoms with Crippen molar-refractivity contribution in [2.75, 3.05) is 0 Å². The van der Waals surface area contributed by atoms with Crippen molar-refractivity contribution >= 4 is 10.9 Å². The Morgan fingerprint density at radius 3 is 2.82 bits per heavy atom. The van der Waals surface area contributed by atoms with Crippen LogP contribution in [0.3, 0.4) is 0 Å². The van der Waals surface area contributed by atoms with Crippen LogP contribution in [0.15, 0.2) is 24.3 Å². The summed E-state index contributed by atoms with van der Waals surface area (Å²) in [5.74, 6) is 6.35. The second-order valence-corrected chi connectivity index (χ2v) is 4.86. The number of nitrogens with two attached hydrogens (primary N) is 1. The molecule has 1 aliphatic carbocycles. The topological polar surface area (TPSA) is 55.9 Å². The van der Waals surface area contributed by atoms with Gasteiger partial charge in [-0.05, 0) is 24.8 Å². The average Bonchev–Trinajstić information content (AvgIpc) is 2.62. The van der Waals surface area contributed by atoms with Crippen molar-refractivity contribution in [2.24, 2.45) is 18.8 Å². The summed E-state index contributed by atoms with van der Waals surface area (Å²) in [6.45, 7) is 0. The summed E-state index contributed by atoms with van der Waals surface area (Å²) in [6.07, 6.45) is 3.81. The van der Waals surface area contributed by atoms with E-state index in [4.69, 9.17) is 5.84 Å². The zero-order chi connectivity index (χ0) is 11.8. The van der Waals surface area contributed by atoms with E-state index < -0.39 is 0 Å². The molecule has 1 saturated carbocycles. The zero-order valence-electron chi connectivity index (χ0n) is 10.1. The number of para-hydroxylation sites is 1. The summed E-state index contributed by atoms with van der Waals surface area (Å²) in [5.41, 5.74) is 5.21. The van der Waals surface area contributed by atoms with Gasteiger partial charge in [-0.3, -0.25) is 16.0 Å². The first-order valence-corrected chi connectivity index (χ1v) is 6.19. The SMILES string of the molecule is Cn1nc(C(NN)C2CCC2)c2ccccc21. The Hall–Kier alpha value is -1.39. The minimum absolute atomic E-state index is 0.190. The average molecular weight is 230 g/mol. The second-order valence-electron chi connectivity index (χ2n) is 4.86. The molecule has 4 nitrogen and oxygen atoms in total. The first kappa shape index (κ1) is 10.7. The highest BCUT2D eigenvalue weighted by molar-refractivity contribution is 5.82. The predicted molar refractivity (Wildman–Crippen MR) is 68.1 cm³/mol. The molecule has 1 fully saturated rings. The molecule has 1 heterocycles. The summed E-state index contributed by atoms with van der Waals surface area (Å²) in [7, 11) is 1.99. The molecule has 0 bridgehead atoms. The Morgan fingerprint density at radius 2 is 2.18 bits per heavy atom. The van der Waals surface area contributed by atoms with Gasteiger partial charge < -0.3 is 0 Å². The Labute approximate surface area is 101 Å². The molecule has 3 rings (SSSR count). The fourth-order valence-corrected chi connectivity index (χ4v) is 2.68. The molecule has 0 spiro atoms. The number of fused-ring (bicyclic) bond motifs is 1. The summed E-state index contributed by atoms with van der Waals surface area (Å²) >= 11 is 0. The highest BCUT2D eigenvalue weighted by atomic mass is 15.3. The molecule has 1 aromatic heterocycles. The van der Waals surface area contributed by atoms with Gasteiger partial charge in [0.1, 0.15) is 0 Å². The van der Waals surface area contributed by atoms with Gasteiger partial charge in [0.15, 0.2) is 0 Å². The van der Waals surface area contributed by atoms with Crippen molar-refractivity contribution in [1.82, 2.24) is 15.2 Å². The van der Waals surface area contributed by atoms with Crippen molar-refractivity contribution in [3.8, 4) is 0 Å². The third kappa shape index (κ3) is 1.64. The third-order valence-corrected chi connectivity index (χ3v) is 3.88. The standard InChI is InChI=1S/C13H18N4/c1-17-11-8-3-2-7-10(11)13(16-17)12(15-14)9-5-4-6-9/h2-3,7-9,12,15H,4-6,14H2,1H3. The van der Waals surface area contributed by atoms with Gasteiger partial charge in [-0.25, -0.2) is 0 Å². The van der Waals surface area contributed by atoms with Crippen LogP contribution in [-0.2, 0) is 7.05 Å². The van der Waals surface area contributed by atoms with Crippen LogP contribution in [0.25, 0.3) is 10.9 Å². The fourth-order valence-electron chi connectivity index (χ4n) is 2.68. The van der Waals surface area contributed by atoms with E-state index in [1.807, 2.05) is 17.8 Å². The quantitative estimate of drug-likeness (QED) is 0.625. The Bertz CT molecular complexity index is 527. The first-order valence-electron chi connectivity index (χ1n) is 6.19. The normalized spacial score (nSPS) is 18.2. The zero-order valence-corrected chi connectivity index (χ0v) is 10.1. The van der Waals surface area contributed by atoms with Gasteiger partial charge in [-0.2, -0.15) is 5.10 Å². The molecule has 4 heteroatoms. The number of hydrazine groups is 1. The van der Waals surface area contributed by atoms with Gasteiger partial charge in [0.05, 0.1) is 17.3 Å². The van der Waals surface area contributed by atoms with Gasteiger partial charge in [-0.1, -0.05) is 24.6 Å². The smallest absolute Gasteiger partial charge is 0.0888 e. The van der Waals surface area contributed by atoms with E-state index in [1.165, 1.54) is 30.2 Å². The van der Waals surface area contributed by atoms with Gasteiger partial charge in [0, 0.05) is 12.4 Å². The van der Waals surface area contributed by atoms with Crippen LogP contribution < -0.4 is 11.3 Å². The summed E-state index contributed by atoms with van der Waals surface area (Å²) < 4.78 is 1.94. The molecule has 17 heavy (non-hydrogen) atoms. The molecule has 0 amide bonds. The van der Waals surface area contributed by atoms with Gasteiger partial charge in [-0.15, -0.1) is 0 Å². The Morgan fingerprint density at radius 1 is 1.41 bits per heavy atom. The van der Waals surface area contributed by atoms with E-state index in [2.05, 4.69) is 28.7 Å². The number of aryl methyl sites for hydroxylation is 1. The minimum atomic E-state index is 0.190. The lowest BCUT2D eigenvalue weighted by Gasteiger charge is -2.32. The maximum atomic E-state index is 5.72. The van der Waals surface area contributed by atoms with Crippen molar-refractivity contribution in [3.63, 3.8) is 0 Å². The summed E-state index contributed by atoms with van der Waals surface area (Å²) in [5, 5.41) is 5.85.